The standard InChI is InChI=1S/C5H12NOP/c1-4-2-5(7)3-6(4)8/h4-5,7H,2-3,8H2,1H3/t4-,5-/m1/s1. The Morgan fingerprint density at radius 1 is 1.75 bits per heavy atom. The van der Waals surface area contributed by atoms with Crippen LogP contribution in [-0.2, 0) is 0 Å². The van der Waals surface area contributed by atoms with E-state index in [2.05, 4.69) is 21.0 Å². The summed E-state index contributed by atoms with van der Waals surface area (Å²) in [6, 6.07) is 0.537. The minimum Gasteiger partial charge on any atom is -0.392 e. The van der Waals surface area contributed by atoms with Crippen LogP contribution in [0.3, 0.4) is 0 Å². The highest BCUT2D eigenvalue weighted by Crippen LogP contribution is 2.19. The predicted molar refractivity (Wildman–Crippen MR) is 36.5 cm³/mol. The Bertz CT molecular complexity index is 78.5. The van der Waals surface area contributed by atoms with E-state index in [-0.39, 0.29) is 6.10 Å². The molecule has 1 aliphatic heterocycles. The first-order chi connectivity index (χ1) is 3.70. The Morgan fingerprint density at radius 3 is 2.50 bits per heavy atom. The fourth-order valence-electron chi connectivity index (χ4n) is 1.03. The molecule has 3 atom stereocenters. The van der Waals surface area contributed by atoms with Crippen molar-refractivity contribution in [2.45, 2.75) is 25.5 Å². The summed E-state index contributed by atoms with van der Waals surface area (Å²) in [5.41, 5.74) is 0. The number of β-amino-alcohol motifs (C(OH)–C–C–N with tert-alkyl or cyclic N) is 1. The summed E-state index contributed by atoms with van der Waals surface area (Å²) < 4.78 is 2.09. The van der Waals surface area contributed by atoms with Gasteiger partial charge in [-0.3, -0.25) is 4.67 Å². The molecule has 0 saturated carbocycles. The summed E-state index contributed by atoms with van der Waals surface area (Å²) in [6.07, 6.45) is 0.825. The molecule has 1 heterocycles. The smallest absolute Gasteiger partial charge is 0.0685 e. The third-order valence-corrected chi connectivity index (χ3v) is 2.32. The number of hydrogen-bond donors (Lipinski definition) is 1. The molecule has 0 radical (unpaired) electrons. The highest BCUT2D eigenvalue weighted by Gasteiger charge is 2.23. The highest BCUT2D eigenvalue weighted by molar-refractivity contribution is 7.13. The molecule has 0 bridgehead atoms. The van der Waals surface area contributed by atoms with E-state index in [0.29, 0.717) is 6.04 Å². The molecule has 48 valence electrons. The van der Waals surface area contributed by atoms with Crippen LogP contribution >= 0.6 is 9.39 Å². The van der Waals surface area contributed by atoms with Gasteiger partial charge in [0.15, 0.2) is 0 Å². The van der Waals surface area contributed by atoms with Crippen molar-refractivity contribution in [3.05, 3.63) is 0 Å². The van der Waals surface area contributed by atoms with Gasteiger partial charge in [-0.2, -0.15) is 0 Å². The van der Waals surface area contributed by atoms with E-state index < -0.39 is 0 Å². The molecule has 1 unspecified atom stereocenters. The second-order valence-corrected chi connectivity index (χ2v) is 3.10. The largest absolute Gasteiger partial charge is 0.392 e. The Labute approximate surface area is 52.1 Å². The van der Waals surface area contributed by atoms with Crippen molar-refractivity contribution in [1.82, 2.24) is 4.67 Å². The van der Waals surface area contributed by atoms with E-state index in [1.165, 1.54) is 0 Å². The zero-order valence-corrected chi connectivity index (χ0v) is 6.20. The lowest BCUT2D eigenvalue weighted by molar-refractivity contribution is 0.190. The van der Waals surface area contributed by atoms with Crippen LogP contribution in [0.5, 0.6) is 0 Å². The van der Waals surface area contributed by atoms with Gasteiger partial charge in [-0.05, 0) is 13.3 Å². The van der Waals surface area contributed by atoms with Crippen molar-refractivity contribution >= 4 is 9.39 Å². The molecule has 2 nitrogen and oxygen atoms in total. The van der Waals surface area contributed by atoms with Gasteiger partial charge >= 0.3 is 0 Å². The lowest BCUT2D eigenvalue weighted by atomic mass is 10.2. The topological polar surface area (TPSA) is 23.5 Å². The van der Waals surface area contributed by atoms with E-state index >= 15 is 0 Å². The molecule has 0 aliphatic carbocycles. The van der Waals surface area contributed by atoms with Crippen molar-refractivity contribution in [3.8, 4) is 0 Å². The zero-order valence-electron chi connectivity index (χ0n) is 5.04. The van der Waals surface area contributed by atoms with Crippen LogP contribution in [0.15, 0.2) is 0 Å². The maximum atomic E-state index is 9.02. The van der Waals surface area contributed by atoms with Crippen LogP contribution in [0.1, 0.15) is 13.3 Å². The fourth-order valence-corrected chi connectivity index (χ4v) is 1.39. The van der Waals surface area contributed by atoms with Crippen molar-refractivity contribution in [3.63, 3.8) is 0 Å². The average molecular weight is 133 g/mol. The van der Waals surface area contributed by atoms with Gasteiger partial charge in [0.05, 0.1) is 6.10 Å². The summed E-state index contributed by atoms with van der Waals surface area (Å²) in [4.78, 5) is 0. The molecule has 0 aromatic rings. The van der Waals surface area contributed by atoms with Gasteiger partial charge in [0.1, 0.15) is 0 Å². The quantitative estimate of drug-likeness (QED) is 0.478. The summed E-state index contributed by atoms with van der Waals surface area (Å²) in [5, 5.41) is 9.02. The first kappa shape index (κ1) is 6.47. The fraction of sp³-hybridized carbons (Fsp3) is 1.00. The molecular weight excluding hydrogens is 121 g/mol. The molecule has 1 saturated heterocycles. The van der Waals surface area contributed by atoms with Gasteiger partial charge in [-0.25, -0.2) is 0 Å². The monoisotopic (exact) mass is 133 g/mol. The Kier molecular flexibility index (Phi) is 1.86. The van der Waals surface area contributed by atoms with Crippen molar-refractivity contribution in [2.24, 2.45) is 0 Å². The first-order valence-corrected chi connectivity index (χ1v) is 3.41. The molecule has 1 rings (SSSR count). The van der Waals surface area contributed by atoms with Gasteiger partial charge in [-0.15, -0.1) is 0 Å². The number of rotatable bonds is 0. The highest BCUT2D eigenvalue weighted by atomic mass is 31.0. The van der Waals surface area contributed by atoms with Crippen LogP contribution in [0, 0.1) is 0 Å². The number of hydrogen-bond acceptors (Lipinski definition) is 2. The lowest BCUT2D eigenvalue weighted by Crippen LogP contribution is -2.14. The summed E-state index contributed by atoms with van der Waals surface area (Å²) in [7, 11) is 2.61. The molecular formula is C5H12NOP. The second-order valence-electron chi connectivity index (χ2n) is 2.44. The van der Waals surface area contributed by atoms with Gasteiger partial charge in [0, 0.05) is 12.6 Å². The molecule has 0 spiro atoms. The predicted octanol–water partition coefficient (Wildman–Crippen LogP) is 0.232. The van der Waals surface area contributed by atoms with E-state index in [1.807, 2.05) is 0 Å². The molecule has 1 N–H and O–H groups in total. The normalized spacial score (nSPS) is 40.9. The zero-order chi connectivity index (χ0) is 6.15. The second kappa shape index (κ2) is 2.30. The Morgan fingerprint density at radius 2 is 2.38 bits per heavy atom. The van der Waals surface area contributed by atoms with Crippen LogP contribution in [0.4, 0.5) is 0 Å². The Balaban J connectivity index is 2.39. The molecule has 1 aliphatic rings. The summed E-state index contributed by atoms with van der Waals surface area (Å²) >= 11 is 0. The maximum Gasteiger partial charge on any atom is 0.0685 e. The maximum absolute atomic E-state index is 9.02. The molecule has 3 heteroatoms. The van der Waals surface area contributed by atoms with E-state index in [9.17, 15) is 0 Å². The molecule has 0 aromatic heterocycles. The average Bonchev–Trinajstić information content (AvgIpc) is 1.85. The van der Waals surface area contributed by atoms with E-state index in [1.54, 1.807) is 0 Å². The summed E-state index contributed by atoms with van der Waals surface area (Å²) in [6.45, 7) is 2.93. The van der Waals surface area contributed by atoms with Gasteiger partial charge in [-0.1, -0.05) is 9.39 Å². The molecule has 0 amide bonds. The third kappa shape index (κ3) is 1.19. The van der Waals surface area contributed by atoms with Crippen LogP contribution in [0.2, 0.25) is 0 Å². The number of aliphatic hydroxyl groups excluding tert-OH is 1. The molecule has 1 fully saturated rings. The third-order valence-electron chi connectivity index (χ3n) is 1.60. The number of aliphatic hydroxyl groups is 1. The summed E-state index contributed by atoms with van der Waals surface area (Å²) in [5.74, 6) is 0. The van der Waals surface area contributed by atoms with Crippen molar-refractivity contribution in [1.29, 1.82) is 0 Å². The minimum absolute atomic E-state index is 0.0949. The lowest BCUT2D eigenvalue weighted by Gasteiger charge is -2.11. The molecule has 0 aromatic carbocycles. The van der Waals surface area contributed by atoms with Gasteiger partial charge in [0.2, 0.25) is 0 Å². The van der Waals surface area contributed by atoms with Crippen LogP contribution < -0.4 is 0 Å². The van der Waals surface area contributed by atoms with Gasteiger partial charge in [0.25, 0.3) is 0 Å². The van der Waals surface area contributed by atoms with Crippen molar-refractivity contribution in [2.75, 3.05) is 6.54 Å². The first-order valence-electron chi connectivity index (χ1n) is 2.89. The Hall–Kier alpha value is 0.350. The van der Waals surface area contributed by atoms with Crippen LogP contribution in [0.25, 0.3) is 0 Å². The van der Waals surface area contributed by atoms with E-state index in [4.69, 9.17) is 5.11 Å². The SMILES string of the molecule is C[C@@H]1C[C@@H](O)CN1P. The minimum atomic E-state index is -0.0949. The van der Waals surface area contributed by atoms with Crippen molar-refractivity contribution < 1.29 is 5.11 Å². The molecule has 8 heavy (non-hydrogen) atoms. The van der Waals surface area contributed by atoms with Crippen LogP contribution in [-0.4, -0.2) is 28.5 Å². The van der Waals surface area contributed by atoms with Gasteiger partial charge < -0.3 is 5.11 Å². The number of nitrogens with zero attached hydrogens (tertiary/aromatic N) is 1. The van der Waals surface area contributed by atoms with E-state index in [0.717, 1.165) is 13.0 Å².